The third-order valence-electron chi connectivity index (χ3n) is 1.47. The van der Waals surface area contributed by atoms with Gasteiger partial charge in [-0.1, -0.05) is 0 Å². The molecule has 0 heterocycles. The van der Waals surface area contributed by atoms with E-state index in [0.717, 1.165) is 0 Å². The zero-order valence-electron chi connectivity index (χ0n) is 6.75. The summed E-state index contributed by atoms with van der Waals surface area (Å²) in [6.45, 7) is -4.91. The number of halogens is 8. The highest BCUT2D eigenvalue weighted by Gasteiger charge is 2.73. The van der Waals surface area contributed by atoms with Crippen molar-refractivity contribution in [2.75, 3.05) is 13.5 Å². The van der Waals surface area contributed by atoms with Gasteiger partial charge in [-0.25, -0.2) is 4.39 Å². The van der Waals surface area contributed by atoms with Crippen molar-refractivity contribution < 1.29 is 44.9 Å². The van der Waals surface area contributed by atoms with Crippen molar-refractivity contribution in [2.45, 2.75) is 18.0 Å². The van der Waals surface area contributed by atoms with E-state index in [1.807, 2.05) is 0 Å². The predicted octanol–water partition coefficient (Wildman–Crippen LogP) is 2.69. The average molecular weight is 248 g/mol. The summed E-state index contributed by atoms with van der Waals surface area (Å²) in [5.41, 5.74) is -5.00. The Hall–Kier alpha value is -0.640. The van der Waals surface area contributed by atoms with Crippen molar-refractivity contribution in [2.24, 2.45) is 0 Å². The molecule has 0 aliphatic heterocycles. The first-order chi connectivity index (χ1) is 6.62. The second-order valence-electron chi connectivity index (χ2n) is 2.33. The molecule has 10 heteroatoms. The number of rotatable bonds is 4. The molecule has 0 amide bonds. The Morgan fingerprint density at radius 1 is 0.867 bits per heavy atom. The number of ether oxygens (including phenoxy) is 1. The SMILES string of the molecule is FCOC(COF)(C(F)(F)F)C(F)(F)F. The minimum Gasteiger partial charge on any atom is -0.324 e. The first-order valence-electron chi connectivity index (χ1n) is 3.19. The standard InChI is InChI=1S/C5H4F8O2/c6-2-14-3(1-15-13,4(7,8)9)5(10,11)12/h1-2H2. The van der Waals surface area contributed by atoms with Crippen molar-refractivity contribution in [1.82, 2.24) is 0 Å². The minimum atomic E-state index is -6.05. The van der Waals surface area contributed by atoms with E-state index in [1.54, 1.807) is 0 Å². The molecule has 0 aromatic rings. The molecule has 0 saturated carbocycles. The fourth-order valence-corrected chi connectivity index (χ4v) is 0.700. The molecule has 0 bridgehead atoms. The molecule has 0 atom stereocenters. The third-order valence-corrected chi connectivity index (χ3v) is 1.47. The molecule has 0 aliphatic rings. The largest absolute Gasteiger partial charge is 0.429 e. The molecule has 0 unspecified atom stereocenters. The molecule has 0 aromatic carbocycles. The maximum atomic E-state index is 12.0. The second-order valence-corrected chi connectivity index (χ2v) is 2.33. The lowest BCUT2D eigenvalue weighted by molar-refractivity contribution is -0.408. The minimum absolute atomic E-state index is 2.28. The summed E-state index contributed by atoms with van der Waals surface area (Å²) in [5, 5.41) is 0. The molecular weight excluding hydrogens is 244 g/mol. The summed E-state index contributed by atoms with van der Waals surface area (Å²) in [6.07, 6.45) is -12.1. The van der Waals surface area contributed by atoms with Gasteiger partial charge < -0.3 is 4.74 Å². The van der Waals surface area contributed by atoms with Crippen LogP contribution in [0.1, 0.15) is 0 Å². The van der Waals surface area contributed by atoms with Crippen LogP contribution in [0.2, 0.25) is 0 Å². The molecule has 0 saturated heterocycles. The van der Waals surface area contributed by atoms with Crippen LogP contribution in [-0.2, 0) is 9.68 Å². The lowest BCUT2D eigenvalue weighted by Gasteiger charge is -2.34. The van der Waals surface area contributed by atoms with Gasteiger partial charge in [0, 0.05) is 0 Å². The Balaban J connectivity index is 5.28. The van der Waals surface area contributed by atoms with Gasteiger partial charge in [-0.2, -0.15) is 31.3 Å². The van der Waals surface area contributed by atoms with E-state index < -0.39 is 31.4 Å². The van der Waals surface area contributed by atoms with Crippen molar-refractivity contribution >= 4 is 0 Å². The van der Waals surface area contributed by atoms with E-state index in [4.69, 9.17) is 0 Å². The Labute approximate surface area is 77.7 Å². The Morgan fingerprint density at radius 2 is 1.27 bits per heavy atom. The van der Waals surface area contributed by atoms with E-state index in [2.05, 4.69) is 9.68 Å². The normalized spacial score (nSPS) is 14.4. The monoisotopic (exact) mass is 248 g/mol. The number of alkyl halides is 7. The first-order valence-corrected chi connectivity index (χ1v) is 3.19. The van der Waals surface area contributed by atoms with Gasteiger partial charge in [0.2, 0.25) is 0 Å². The van der Waals surface area contributed by atoms with Crippen LogP contribution in [0.25, 0.3) is 0 Å². The molecule has 0 aliphatic carbocycles. The van der Waals surface area contributed by atoms with Gasteiger partial charge in [-0.15, -0.1) is 0 Å². The van der Waals surface area contributed by atoms with E-state index in [9.17, 15) is 35.3 Å². The third kappa shape index (κ3) is 2.68. The molecule has 0 rings (SSSR count). The zero-order valence-corrected chi connectivity index (χ0v) is 6.75. The van der Waals surface area contributed by atoms with Gasteiger partial charge in [0.15, 0.2) is 6.86 Å². The summed E-state index contributed by atoms with van der Waals surface area (Å²) in [4.78, 5) is 2.28. The quantitative estimate of drug-likeness (QED) is 0.712. The topological polar surface area (TPSA) is 18.5 Å². The van der Waals surface area contributed by atoms with Gasteiger partial charge in [0.05, 0.1) is 0 Å². The summed E-state index contributed by atoms with van der Waals surface area (Å²) >= 11 is 0. The molecule has 0 N–H and O–H groups in total. The van der Waals surface area contributed by atoms with Gasteiger partial charge in [-0.3, -0.25) is 0 Å². The van der Waals surface area contributed by atoms with E-state index in [0.29, 0.717) is 0 Å². The highest BCUT2D eigenvalue weighted by Crippen LogP contribution is 2.46. The summed E-state index contributed by atoms with van der Waals surface area (Å²) < 4.78 is 97.5. The van der Waals surface area contributed by atoms with Crippen molar-refractivity contribution in [3.8, 4) is 0 Å². The van der Waals surface area contributed by atoms with Crippen LogP contribution < -0.4 is 0 Å². The lowest BCUT2D eigenvalue weighted by atomic mass is 10.0. The molecular formula is C5H4F8O2. The molecule has 0 spiro atoms. The smallest absolute Gasteiger partial charge is 0.324 e. The van der Waals surface area contributed by atoms with Crippen LogP contribution in [0.4, 0.5) is 35.3 Å². The van der Waals surface area contributed by atoms with Gasteiger partial charge in [0.25, 0.3) is 5.60 Å². The van der Waals surface area contributed by atoms with Crippen molar-refractivity contribution in [3.63, 3.8) is 0 Å². The maximum Gasteiger partial charge on any atom is 0.429 e. The van der Waals surface area contributed by atoms with Crippen LogP contribution >= 0.6 is 0 Å². The molecule has 0 radical (unpaired) electrons. The highest BCUT2D eigenvalue weighted by atomic mass is 19.4. The Kier molecular flexibility index (Phi) is 4.28. The zero-order chi connectivity index (χ0) is 12.3. The van der Waals surface area contributed by atoms with Crippen LogP contribution in [0.3, 0.4) is 0 Å². The predicted molar refractivity (Wildman–Crippen MR) is 29.0 cm³/mol. The van der Waals surface area contributed by atoms with Crippen LogP contribution in [-0.4, -0.2) is 31.4 Å². The molecule has 0 fully saturated rings. The van der Waals surface area contributed by atoms with Crippen LogP contribution in [0.5, 0.6) is 0 Å². The first kappa shape index (κ1) is 14.4. The van der Waals surface area contributed by atoms with E-state index in [-0.39, 0.29) is 0 Å². The lowest BCUT2D eigenvalue weighted by Crippen LogP contribution is -2.61. The van der Waals surface area contributed by atoms with E-state index >= 15 is 0 Å². The maximum absolute atomic E-state index is 12.0. The Morgan fingerprint density at radius 3 is 1.47 bits per heavy atom. The molecule has 0 aromatic heterocycles. The molecule has 92 valence electrons. The van der Waals surface area contributed by atoms with Crippen molar-refractivity contribution in [3.05, 3.63) is 0 Å². The number of hydrogen-bond acceptors (Lipinski definition) is 2. The van der Waals surface area contributed by atoms with Gasteiger partial charge in [-0.05, 0) is 4.53 Å². The summed E-state index contributed by atoms with van der Waals surface area (Å²) in [7, 11) is 0. The highest BCUT2D eigenvalue weighted by molar-refractivity contribution is 4.95. The van der Waals surface area contributed by atoms with Crippen LogP contribution in [0, 0.1) is 0 Å². The Bertz CT molecular complexity index is 174. The van der Waals surface area contributed by atoms with Crippen molar-refractivity contribution in [1.29, 1.82) is 0 Å². The average Bonchev–Trinajstić information content (AvgIpc) is 1.99. The second kappa shape index (κ2) is 4.47. The van der Waals surface area contributed by atoms with E-state index in [1.165, 1.54) is 0 Å². The van der Waals surface area contributed by atoms with Gasteiger partial charge in [0.1, 0.15) is 6.61 Å². The van der Waals surface area contributed by atoms with Crippen LogP contribution in [0.15, 0.2) is 0 Å². The molecule has 2 nitrogen and oxygen atoms in total. The van der Waals surface area contributed by atoms with Gasteiger partial charge >= 0.3 is 12.4 Å². The molecule has 15 heavy (non-hydrogen) atoms. The summed E-state index contributed by atoms with van der Waals surface area (Å²) in [6, 6.07) is 0. The number of hydrogen-bond donors (Lipinski definition) is 0. The fraction of sp³-hybridized carbons (Fsp3) is 1.00. The fourth-order valence-electron chi connectivity index (χ4n) is 0.700. The summed E-state index contributed by atoms with van der Waals surface area (Å²) in [5.74, 6) is 0.